The number of aromatic amines is 1. The highest BCUT2D eigenvalue weighted by atomic mass is 79.9. The highest BCUT2D eigenvalue weighted by molar-refractivity contribution is 9.10. The van der Waals surface area contributed by atoms with Crippen LogP contribution in [0, 0.1) is 5.82 Å². The van der Waals surface area contributed by atoms with Gasteiger partial charge in [-0.2, -0.15) is 0 Å². The zero-order chi connectivity index (χ0) is 13.6. The number of H-pyrrole nitrogens is 1. The minimum atomic E-state index is -0.320. The maximum atomic E-state index is 13.4. The lowest BCUT2D eigenvalue weighted by Gasteiger charge is -1.98. The molecule has 0 radical (unpaired) electrons. The molecular weight excluding hydrogens is 377 g/mol. The zero-order valence-electron chi connectivity index (χ0n) is 9.55. The van der Waals surface area contributed by atoms with Crippen LogP contribution in [0.1, 0.15) is 0 Å². The number of rotatable bonds is 1. The van der Waals surface area contributed by atoms with Gasteiger partial charge in [-0.25, -0.2) is 9.37 Å². The van der Waals surface area contributed by atoms with Crippen molar-refractivity contribution in [3.8, 4) is 11.4 Å². The van der Waals surface area contributed by atoms with Gasteiger partial charge in [0, 0.05) is 14.5 Å². The van der Waals surface area contributed by atoms with Gasteiger partial charge in [0.15, 0.2) is 0 Å². The third-order valence-corrected chi connectivity index (χ3v) is 3.63. The van der Waals surface area contributed by atoms with E-state index in [1.54, 1.807) is 12.1 Å². The fourth-order valence-electron chi connectivity index (χ4n) is 1.93. The maximum Gasteiger partial charge on any atom is 0.138 e. The largest absolute Gasteiger partial charge is 0.397 e. The summed E-state index contributed by atoms with van der Waals surface area (Å²) in [6, 6.07) is 8.29. The van der Waals surface area contributed by atoms with Crippen molar-refractivity contribution >= 4 is 48.6 Å². The maximum absolute atomic E-state index is 13.4. The molecule has 0 amide bonds. The number of anilines is 1. The van der Waals surface area contributed by atoms with E-state index in [9.17, 15) is 4.39 Å². The first-order chi connectivity index (χ1) is 9.02. The van der Waals surface area contributed by atoms with Crippen LogP contribution in [0.15, 0.2) is 39.3 Å². The molecule has 0 spiro atoms. The molecule has 3 aromatic rings. The fraction of sp³-hybridized carbons (Fsp3) is 0. The Bertz CT molecular complexity index is 763. The Balaban J connectivity index is 2.23. The number of nitrogens with zero attached hydrogens (tertiary/aromatic N) is 1. The van der Waals surface area contributed by atoms with Gasteiger partial charge >= 0.3 is 0 Å². The van der Waals surface area contributed by atoms with Crippen molar-refractivity contribution < 1.29 is 4.39 Å². The molecule has 0 aliphatic heterocycles. The van der Waals surface area contributed by atoms with E-state index in [1.165, 1.54) is 12.1 Å². The molecule has 1 heterocycles. The van der Waals surface area contributed by atoms with Crippen molar-refractivity contribution in [1.29, 1.82) is 0 Å². The number of hydrogen-bond donors (Lipinski definition) is 2. The standard InChI is InChI=1S/C13H8Br2FN3/c14-7-1-6(2-9(16)3-7)13-18-11-5-8(15)4-10(17)12(11)19-13/h1-5H,17H2,(H,18,19). The quantitative estimate of drug-likeness (QED) is 0.608. The Morgan fingerprint density at radius 2 is 1.79 bits per heavy atom. The van der Waals surface area contributed by atoms with E-state index in [2.05, 4.69) is 41.8 Å². The highest BCUT2D eigenvalue weighted by Crippen LogP contribution is 2.29. The van der Waals surface area contributed by atoms with Gasteiger partial charge in [-0.3, -0.25) is 0 Å². The van der Waals surface area contributed by atoms with Crippen molar-refractivity contribution in [2.24, 2.45) is 0 Å². The van der Waals surface area contributed by atoms with E-state index in [-0.39, 0.29) is 5.82 Å². The molecule has 96 valence electrons. The number of benzene rings is 2. The van der Waals surface area contributed by atoms with E-state index in [4.69, 9.17) is 5.73 Å². The van der Waals surface area contributed by atoms with Gasteiger partial charge in [-0.05, 0) is 30.3 Å². The van der Waals surface area contributed by atoms with E-state index in [0.29, 0.717) is 27.1 Å². The molecule has 0 saturated carbocycles. The van der Waals surface area contributed by atoms with Crippen LogP contribution in [0.4, 0.5) is 10.1 Å². The van der Waals surface area contributed by atoms with Gasteiger partial charge in [-0.1, -0.05) is 31.9 Å². The molecule has 2 aromatic carbocycles. The molecule has 0 fully saturated rings. The van der Waals surface area contributed by atoms with Crippen LogP contribution in [0.25, 0.3) is 22.4 Å². The summed E-state index contributed by atoms with van der Waals surface area (Å²) < 4.78 is 14.9. The van der Waals surface area contributed by atoms with Gasteiger partial charge in [0.05, 0.1) is 11.2 Å². The van der Waals surface area contributed by atoms with Crippen molar-refractivity contribution in [2.45, 2.75) is 0 Å². The summed E-state index contributed by atoms with van der Waals surface area (Å²) >= 11 is 6.64. The van der Waals surface area contributed by atoms with Gasteiger partial charge in [0.25, 0.3) is 0 Å². The fourth-order valence-corrected chi connectivity index (χ4v) is 2.88. The molecule has 0 unspecified atom stereocenters. The van der Waals surface area contributed by atoms with Crippen LogP contribution in [-0.2, 0) is 0 Å². The first kappa shape index (κ1) is 12.6. The van der Waals surface area contributed by atoms with Crippen molar-refractivity contribution in [3.05, 3.63) is 45.1 Å². The number of nitrogens with one attached hydrogen (secondary N) is 1. The predicted molar refractivity (Wildman–Crippen MR) is 81.3 cm³/mol. The number of imidazole rings is 1. The molecule has 0 saturated heterocycles. The Kier molecular flexibility index (Phi) is 3.06. The zero-order valence-corrected chi connectivity index (χ0v) is 12.7. The molecule has 6 heteroatoms. The molecular formula is C13H8Br2FN3. The van der Waals surface area contributed by atoms with Crippen LogP contribution >= 0.6 is 31.9 Å². The topological polar surface area (TPSA) is 54.7 Å². The van der Waals surface area contributed by atoms with Crippen LogP contribution in [0.3, 0.4) is 0 Å². The Labute approximate surface area is 125 Å². The summed E-state index contributed by atoms with van der Waals surface area (Å²) in [5.41, 5.74) is 8.64. The van der Waals surface area contributed by atoms with Crippen molar-refractivity contribution in [2.75, 3.05) is 5.73 Å². The SMILES string of the molecule is Nc1cc(Br)cc2[nH]c(-c3cc(F)cc(Br)c3)nc12. The summed E-state index contributed by atoms with van der Waals surface area (Å²) in [4.78, 5) is 7.56. The Morgan fingerprint density at radius 3 is 2.53 bits per heavy atom. The second kappa shape index (κ2) is 4.61. The second-order valence-electron chi connectivity index (χ2n) is 4.13. The molecule has 0 bridgehead atoms. The number of nitrogens with two attached hydrogens (primary N) is 1. The molecule has 1 aromatic heterocycles. The number of nitrogen functional groups attached to an aromatic ring is 1. The third kappa shape index (κ3) is 2.37. The normalized spacial score (nSPS) is 11.1. The van der Waals surface area contributed by atoms with Crippen LogP contribution in [0.2, 0.25) is 0 Å². The van der Waals surface area contributed by atoms with Crippen LogP contribution < -0.4 is 5.73 Å². The van der Waals surface area contributed by atoms with Crippen LogP contribution in [0.5, 0.6) is 0 Å². The molecule has 0 aliphatic rings. The number of halogens is 3. The lowest BCUT2D eigenvalue weighted by atomic mass is 10.2. The van der Waals surface area contributed by atoms with E-state index in [0.717, 1.165) is 9.99 Å². The number of fused-ring (bicyclic) bond motifs is 1. The molecule has 3 N–H and O–H groups in total. The average molecular weight is 385 g/mol. The van der Waals surface area contributed by atoms with Crippen molar-refractivity contribution in [3.63, 3.8) is 0 Å². The summed E-state index contributed by atoms with van der Waals surface area (Å²) in [5.74, 6) is 0.263. The Hall–Kier alpha value is -1.40. The summed E-state index contributed by atoms with van der Waals surface area (Å²) in [7, 11) is 0. The smallest absolute Gasteiger partial charge is 0.138 e. The first-order valence-corrected chi connectivity index (χ1v) is 7.03. The van der Waals surface area contributed by atoms with E-state index >= 15 is 0 Å². The summed E-state index contributed by atoms with van der Waals surface area (Å²) in [5, 5.41) is 0. The van der Waals surface area contributed by atoms with Gasteiger partial charge in [0.1, 0.15) is 17.2 Å². The molecule has 19 heavy (non-hydrogen) atoms. The summed E-state index contributed by atoms with van der Waals surface area (Å²) in [6.45, 7) is 0. The predicted octanol–water partition coefficient (Wildman–Crippen LogP) is 4.48. The molecule has 0 aliphatic carbocycles. The first-order valence-electron chi connectivity index (χ1n) is 5.44. The molecule has 0 atom stereocenters. The van der Waals surface area contributed by atoms with Crippen molar-refractivity contribution in [1.82, 2.24) is 9.97 Å². The van der Waals surface area contributed by atoms with Gasteiger partial charge in [-0.15, -0.1) is 0 Å². The Morgan fingerprint density at radius 1 is 1.05 bits per heavy atom. The molecule has 3 nitrogen and oxygen atoms in total. The van der Waals surface area contributed by atoms with E-state index < -0.39 is 0 Å². The third-order valence-electron chi connectivity index (χ3n) is 2.72. The minimum Gasteiger partial charge on any atom is -0.397 e. The lowest BCUT2D eigenvalue weighted by molar-refractivity contribution is 0.627. The minimum absolute atomic E-state index is 0.320. The number of aromatic nitrogens is 2. The molecule has 3 rings (SSSR count). The average Bonchev–Trinajstić information content (AvgIpc) is 2.71. The second-order valence-corrected chi connectivity index (χ2v) is 5.97. The van der Waals surface area contributed by atoms with Gasteiger partial charge in [0.2, 0.25) is 0 Å². The summed E-state index contributed by atoms with van der Waals surface area (Å²) in [6.07, 6.45) is 0. The van der Waals surface area contributed by atoms with Gasteiger partial charge < -0.3 is 10.7 Å². The van der Waals surface area contributed by atoms with Crippen LogP contribution in [-0.4, -0.2) is 9.97 Å². The highest BCUT2D eigenvalue weighted by Gasteiger charge is 2.10. The van der Waals surface area contributed by atoms with E-state index in [1.807, 2.05) is 6.07 Å². The monoisotopic (exact) mass is 383 g/mol. The lowest BCUT2D eigenvalue weighted by Crippen LogP contribution is -1.86. The number of hydrogen-bond acceptors (Lipinski definition) is 2.